The molecular formula is C24H29N5O2. The largest absolute Gasteiger partial charge is 0.447 e. The smallest absolute Gasteiger partial charge is 0.273 e. The third-order valence-corrected chi connectivity index (χ3v) is 5.83. The van der Waals surface area contributed by atoms with Crippen LogP contribution in [-0.2, 0) is 13.0 Å². The van der Waals surface area contributed by atoms with Gasteiger partial charge in [-0.2, -0.15) is 0 Å². The predicted molar refractivity (Wildman–Crippen MR) is 120 cm³/mol. The molecule has 4 rings (SSSR count). The van der Waals surface area contributed by atoms with Crippen molar-refractivity contribution < 1.29 is 9.21 Å². The maximum absolute atomic E-state index is 12.3. The Morgan fingerprint density at radius 3 is 2.71 bits per heavy atom. The highest BCUT2D eigenvalue weighted by atomic mass is 16.3. The highest BCUT2D eigenvalue weighted by molar-refractivity contribution is 5.91. The van der Waals surface area contributed by atoms with Crippen LogP contribution in [-0.4, -0.2) is 53.5 Å². The van der Waals surface area contributed by atoms with Gasteiger partial charge in [-0.15, -0.1) is 0 Å². The number of amides is 1. The van der Waals surface area contributed by atoms with E-state index in [0.29, 0.717) is 31.1 Å². The molecule has 0 aliphatic carbocycles. The van der Waals surface area contributed by atoms with E-state index >= 15 is 0 Å². The molecule has 0 unspecified atom stereocenters. The molecule has 1 fully saturated rings. The van der Waals surface area contributed by atoms with Crippen LogP contribution in [0.15, 0.2) is 53.3 Å². The number of nitrogens with zero attached hydrogens (tertiary/aromatic N) is 4. The lowest BCUT2D eigenvalue weighted by molar-refractivity contribution is 0.0949. The Hall–Kier alpha value is -3.19. The summed E-state index contributed by atoms with van der Waals surface area (Å²) in [5.74, 6) is 0.362. The predicted octanol–water partition coefficient (Wildman–Crippen LogP) is 2.98. The number of carbonyl (C=O) groups is 1. The molecule has 2 aromatic heterocycles. The fraction of sp³-hybridized carbons (Fsp3) is 0.375. The van der Waals surface area contributed by atoms with Crippen LogP contribution in [0.4, 0.5) is 5.69 Å². The second kappa shape index (κ2) is 9.75. The number of hydrogen-bond donors (Lipinski definition) is 1. The normalized spacial score (nSPS) is 14.6. The van der Waals surface area contributed by atoms with E-state index in [9.17, 15) is 4.79 Å². The van der Waals surface area contributed by atoms with Crippen molar-refractivity contribution in [1.82, 2.24) is 20.2 Å². The maximum Gasteiger partial charge on any atom is 0.273 e. The third-order valence-electron chi connectivity index (χ3n) is 5.83. The Bertz CT molecular complexity index is 1010. The highest BCUT2D eigenvalue weighted by Crippen LogP contribution is 2.24. The van der Waals surface area contributed by atoms with Gasteiger partial charge in [0, 0.05) is 56.7 Å². The van der Waals surface area contributed by atoms with E-state index in [2.05, 4.69) is 57.1 Å². The quantitative estimate of drug-likeness (QED) is 0.635. The summed E-state index contributed by atoms with van der Waals surface area (Å²) in [6.07, 6.45) is 3.88. The average molecular weight is 420 g/mol. The standard InChI is InChI=1S/C24H29N5O2/c1-18-6-5-8-22(19(18)2)29-14-12-28(13-15-29)16-23-27-21(17-31-23)24(30)26-11-9-20-7-3-4-10-25-20/h3-8,10,17H,9,11-16H2,1-2H3,(H,26,30). The lowest BCUT2D eigenvalue weighted by atomic mass is 10.1. The molecule has 31 heavy (non-hydrogen) atoms. The van der Waals surface area contributed by atoms with Gasteiger partial charge in [0.1, 0.15) is 6.26 Å². The van der Waals surface area contributed by atoms with E-state index < -0.39 is 0 Å². The zero-order valence-electron chi connectivity index (χ0n) is 18.2. The minimum atomic E-state index is -0.217. The molecule has 0 spiro atoms. The topological polar surface area (TPSA) is 74.5 Å². The molecule has 1 aromatic carbocycles. The van der Waals surface area contributed by atoms with Gasteiger partial charge in [0.25, 0.3) is 5.91 Å². The van der Waals surface area contributed by atoms with E-state index in [4.69, 9.17) is 4.42 Å². The van der Waals surface area contributed by atoms with Gasteiger partial charge in [-0.25, -0.2) is 4.98 Å². The minimum absolute atomic E-state index is 0.217. The number of hydrogen-bond acceptors (Lipinski definition) is 6. The number of nitrogens with one attached hydrogen (secondary N) is 1. The van der Waals surface area contributed by atoms with Crippen molar-refractivity contribution in [3.05, 3.63) is 77.3 Å². The number of oxazole rings is 1. The summed E-state index contributed by atoms with van der Waals surface area (Å²) < 4.78 is 5.56. The average Bonchev–Trinajstić information content (AvgIpc) is 3.26. The summed E-state index contributed by atoms with van der Waals surface area (Å²) in [6.45, 7) is 9.26. The number of piperazine rings is 1. The second-order valence-electron chi connectivity index (χ2n) is 7.94. The summed E-state index contributed by atoms with van der Waals surface area (Å²) in [4.78, 5) is 25.7. The van der Waals surface area contributed by atoms with Crippen LogP contribution in [0.5, 0.6) is 0 Å². The second-order valence-corrected chi connectivity index (χ2v) is 7.94. The van der Waals surface area contributed by atoms with Crippen LogP contribution < -0.4 is 10.2 Å². The lowest BCUT2D eigenvalue weighted by Gasteiger charge is -2.36. The van der Waals surface area contributed by atoms with Gasteiger partial charge >= 0.3 is 0 Å². The fourth-order valence-corrected chi connectivity index (χ4v) is 3.84. The van der Waals surface area contributed by atoms with E-state index in [1.165, 1.54) is 23.1 Å². The lowest BCUT2D eigenvalue weighted by Crippen LogP contribution is -2.46. The van der Waals surface area contributed by atoms with Gasteiger partial charge < -0.3 is 14.6 Å². The molecule has 162 valence electrons. The zero-order valence-corrected chi connectivity index (χ0v) is 18.2. The van der Waals surface area contributed by atoms with Gasteiger partial charge in [-0.05, 0) is 43.2 Å². The molecule has 3 aromatic rings. The summed E-state index contributed by atoms with van der Waals surface area (Å²) in [5, 5.41) is 2.88. The Labute approximate surface area is 183 Å². The van der Waals surface area contributed by atoms with Crippen LogP contribution in [0, 0.1) is 13.8 Å². The van der Waals surface area contributed by atoms with Crippen LogP contribution in [0.2, 0.25) is 0 Å². The third kappa shape index (κ3) is 5.30. The van der Waals surface area contributed by atoms with E-state index in [0.717, 1.165) is 31.9 Å². The Morgan fingerprint density at radius 1 is 1.10 bits per heavy atom. The number of carbonyl (C=O) groups excluding carboxylic acids is 1. The van der Waals surface area contributed by atoms with E-state index in [1.807, 2.05) is 18.2 Å². The SMILES string of the molecule is Cc1cccc(N2CCN(Cc3nc(C(=O)NCCc4ccccn4)co3)CC2)c1C. The molecule has 1 amide bonds. The van der Waals surface area contributed by atoms with Crippen molar-refractivity contribution >= 4 is 11.6 Å². The fourth-order valence-electron chi connectivity index (χ4n) is 3.84. The monoisotopic (exact) mass is 419 g/mol. The number of aromatic nitrogens is 2. The number of aryl methyl sites for hydroxylation is 1. The number of rotatable bonds is 7. The van der Waals surface area contributed by atoms with E-state index in [-0.39, 0.29) is 5.91 Å². The number of pyridine rings is 1. The number of benzene rings is 1. The molecule has 7 heteroatoms. The molecule has 0 radical (unpaired) electrons. The summed E-state index contributed by atoms with van der Waals surface area (Å²) in [6, 6.07) is 12.2. The van der Waals surface area contributed by atoms with Crippen molar-refractivity contribution in [2.45, 2.75) is 26.8 Å². The first kappa shape index (κ1) is 21.1. The molecule has 0 bridgehead atoms. The van der Waals surface area contributed by atoms with Crippen molar-refractivity contribution in [3.8, 4) is 0 Å². The molecule has 7 nitrogen and oxygen atoms in total. The Kier molecular flexibility index (Phi) is 6.62. The highest BCUT2D eigenvalue weighted by Gasteiger charge is 2.21. The van der Waals surface area contributed by atoms with Gasteiger partial charge in [0.15, 0.2) is 5.69 Å². The van der Waals surface area contributed by atoms with Crippen LogP contribution in [0.3, 0.4) is 0 Å². The van der Waals surface area contributed by atoms with E-state index in [1.54, 1.807) is 6.20 Å². The Morgan fingerprint density at radius 2 is 1.94 bits per heavy atom. The molecule has 3 heterocycles. The van der Waals surface area contributed by atoms with Gasteiger partial charge in [0.2, 0.25) is 5.89 Å². The summed E-state index contributed by atoms with van der Waals surface area (Å²) >= 11 is 0. The molecule has 0 saturated carbocycles. The van der Waals surface area contributed by atoms with Crippen molar-refractivity contribution in [2.75, 3.05) is 37.6 Å². The van der Waals surface area contributed by atoms with Gasteiger partial charge in [-0.3, -0.25) is 14.7 Å². The van der Waals surface area contributed by atoms with Crippen LogP contribution >= 0.6 is 0 Å². The first-order chi connectivity index (χ1) is 15.1. The van der Waals surface area contributed by atoms with Crippen molar-refractivity contribution in [1.29, 1.82) is 0 Å². The van der Waals surface area contributed by atoms with Crippen LogP contribution in [0.25, 0.3) is 0 Å². The van der Waals surface area contributed by atoms with Crippen molar-refractivity contribution in [3.63, 3.8) is 0 Å². The summed E-state index contributed by atoms with van der Waals surface area (Å²) in [5.41, 5.74) is 5.27. The minimum Gasteiger partial charge on any atom is -0.447 e. The molecule has 1 N–H and O–H groups in total. The van der Waals surface area contributed by atoms with Gasteiger partial charge in [-0.1, -0.05) is 18.2 Å². The molecule has 0 atom stereocenters. The summed E-state index contributed by atoms with van der Waals surface area (Å²) in [7, 11) is 0. The zero-order chi connectivity index (χ0) is 21.6. The molecular weight excluding hydrogens is 390 g/mol. The van der Waals surface area contributed by atoms with Crippen molar-refractivity contribution in [2.24, 2.45) is 0 Å². The first-order valence-corrected chi connectivity index (χ1v) is 10.8. The molecule has 1 aliphatic heterocycles. The van der Waals surface area contributed by atoms with Gasteiger partial charge in [0.05, 0.1) is 6.54 Å². The molecule has 1 saturated heterocycles. The Balaban J connectivity index is 1.25. The number of anilines is 1. The first-order valence-electron chi connectivity index (χ1n) is 10.8. The molecule has 1 aliphatic rings. The van der Waals surface area contributed by atoms with Crippen LogP contribution in [0.1, 0.15) is 33.2 Å². The maximum atomic E-state index is 12.3.